The maximum Gasteiger partial charge on any atom is 0.337 e. The molecule has 4 heteroatoms. The number of halogens is 1. The van der Waals surface area contributed by atoms with Crippen LogP contribution in [0.15, 0.2) is 42.5 Å². The molecule has 0 amide bonds. The van der Waals surface area contributed by atoms with Gasteiger partial charge in [-0.1, -0.05) is 12.1 Å². The molecule has 3 nitrogen and oxygen atoms in total. The first-order valence-corrected chi connectivity index (χ1v) is 5.35. The first-order valence-electron chi connectivity index (χ1n) is 5.35. The fourth-order valence-electron chi connectivity index (χ4n) is 1.70. The number of anilines is 1. The zero-order valence-corrected chi connectivity index (χ0v) is 9.81. The van der Waals surface area contributed by atoms with Crippen LogP contribution in [0.1, 0.15) is 10.4 Å². The Hall–Kier alpha value is -2.36. The van der Waals surface area contributed by atoms with Gasteiger partial charge in [0.15, 0.2) is 0 Å². The van der Waals surface area contributed by atoms with Gasteiger partial charge in [0.05, 0.1) is 12.7 Å². The van der Waals surface area contributed by atoms with E-state index in [1.54, 1.807) is 30.3 Å². The standard InChI is InChI=1S/C14H12FNO2/c1-18-14(17)11-6-10(7-13(16)8-11)9-2-4-12(15)5-3-9/h2-8H,16H2,1H3. The van der Waals surface area contributed by atoms with E-state index < -0.39 is 5.97 Å². The number of methoxy groups -OCH3 is 1. The zero-order valence-electron chi connectivity index (χ0n) is 9.81. The molecular weight excluding hydrogens is 233 g/mol. The molecule has 0 bridgehead atoms. The lowest BCUT2D eigenvalue weighted by Crippen LogP contribution is -2.02. The van der Waals surface area contributed by atoms with Crippen LogP contribution in [-0.4, -0.2) is 13.1 Å². The van der Waals surface area contributed by atoms with Gasteiger partial charge in [-0.05, 0) is 41.5 Å². The largest absolute Gasteiger partial charge is 0.465 e. The van der Waals surface area contributed by atoms with Crippen LogP contribution >= 0.6 is 0 Å². The third-order valence-electron chi connectivity index (χ3n) is 2.55. The maximum atomic E-state index is 12.8. The fraction of sp³-hybridized carbons (Fsp3) is 0.0714. The van der Waals surface area contributed by atoms with E-state index in [-0.39, 0.29) is 5.82 Å². The molecule has 2 aromatic carbocycles. The highest BCUT2D eigenvalue weighted by Crippen LogP contribution is 2.24. The van der Waals surface area contributed by atoms with E-state index in [0.717, 1.165) is 11.1 Å². The molecule has 0 heterocycles. The fourth-order valence-corrected chi connectivity index (χ4v) is 1.70. The summed E-state index contributed by atoms with van der Waals surface area (Å²) in [5.41, 5.74) is 8.10. The summed E-state index contributed by atoms with van der Waals surface area (Å²) in [5, 5.41) is 0. The van der Waals surface area contributed by atoms with Gasteiger partial charge >= 0.3 is 5.97 Å². The van der Waals surface area contributed by atoms with Crippen molar-refractivity contribution in [2.45, 2.75) is 0 Å². The second kappa shape index (κ2) is 4.87. The Morgan fingerprint density at radius 2 is 1.78 bits per heavy atom. The maximum absolute atomic E-state index is 12.8. The lowest BCUT2D eigenvalue weighted by molar-refractivity contribution is 0.0601. The molecule has 2 N–H and O–H groups in total. The molecule has 0 fully saturated rings. The Morgan fingerprint density at radius 1 is 1.11 bits per heavy atom. The highest BCUT2D eigenvalue weighted by atomic mass is 19.1. The van der Waals surface area contributed by atoms with Crippen LogP contribution in [0.4, 0.5) is 10.1 Å². The molecule has 0 atom stereocenters. The van der Waals surface area contributed by atoms with Crippen LogP contribution in [0.3, 0.4) is 0 Å². The Labute approximate surface area is 104 Å². The summed E-state index contributed by atoms with van der Waals surface area (Å²) in [6.07, 6.45) is 0. The molecule has 0 spiro atoms. The molecule has 0 aromatic heterocycles. The third-order valence-corrected chi connectivity index (χ3v) is 2.55. The number of esters is 1. The lowest BCUT2D eigenvalue weighted by Gasteiger charge is -2.06. The van der Waals surface area contributed by atoms with Crippen molar-refractivity contribution in [3.8, 4) is 11.1 Å². The van der Waals surface area contributed by atoms with Gasteiger partial charge in [0.2, 0.25) is 0 Å². The van der Waals surface area contributed by atoms with Crippen molar-refractivity contribution in [3.05, 3.63) is 53.8 Å². The van der Waals surface area contributed by atoms with Crippen molar-refractivity contribution < 1.29 is 13.9 Å². The second-order valence-electron chi connectivity index (χ2n) is 3.84. The first-order chi connectivity index (χ1) is 8.60. The van der Waals surface area contributed by atoms with Gasteiger partial charge in [0.1, 0.15) is 5.82 Å². The number of carbonyl (C=O) groups excluding carboxylic acids is 1. The topological polar surface area (TPSA) is 52.3 Å². The zero-order chi connectivity index (χ0) is 13.1. The van der Waals surface area contributed by atoms with Crippen molar-refractivity contribution in [2.75, 3.05) is 12.8 Å². The molecule has 2 aromatic rings. The number of nitrogen functional groups attached to an aromatic ring is 1. The van der Waals surface area contributed by atoms with Crippen molar-refractivity contribution >= 4 is 11.7 Å². The summed E-state index contributed by atoms with van der Waals surface area (Å²) in [6, 6.07) is 10.9. The molecular formula is C14H12FNO2. The third kappa shape index (κ3) is 2.48. The van der Waals surface area contributed by atoms with Crippen LogP contribution in [-0.2, 0) is 4.74 Å². The summed E-state index contributed by atoms with van der Waals surface area (Å²) in [5.74, 6) is -0.762. The smallest absolute Gasteiger partial charge is 0.337 e. The molecule has 0 saturated heterocycles. The van der Waals surface area contributed by atoms with Gasteiger partial charge in [-0.15, -0.1) is 0 Å². The minimum Gasteiger partial charge on any atom is -0.465 e. The Balaban J connectivity index is 2.48. The summed E-state index contributed by atoms with van der Waals surface area (Å²) in [7, 11) is 1.31. The molecule has 92 valence electrons. The van der Waals surface area contributed by atoms with Crippen LogP contribution in [0, 0.1) is 5.82 Å². The highest BCUT2D eigenvalue weighted by Gasteiger charge is 2.09. The number of ether oxygens (including phenoxy) is 1. The summed E-state index contributed by atoms with van der Waals surface area (Å²) < 4.78 is 17.5. The Bertz CT molecular complexity index is 579. The van der Waals surface area contributed by atoms with Gasteiger partial charge in [-0.25, -0.2) is 9.18 Å². The van der Waals surface area contributed by atoms with E-state index in [2.05, 4.69) is 4.74 Å². The van der Waals surface area contributed by atoms with E-state index in [1.807, 2.05) is 0 Å². The SMILES string of the molecule is COC(=O)c1cc(N)cc(-c2ccc(F)cc2)c1. The number of benzene rings is 2. The Morgan fingerprint density at radius 3 is 2.39 bits per heavy atom. The van der Waals surface area contributed by atoms with Gasteiger partial charge < -0.3 is 10.5 Å². The quantitative estimate of drug-likeness (QED) is 0.653. The van der Waals surface area contributed by atoms with Crippen LogP contribution in [0.25, 0.3) is 11.1 Å². The van der Waals surface area contributed by atoms with Gasteiger partial charge in [0, 0.05) is 5.69 Å². The van der Waals surface area contributed by atoms with Gasteiger partial charge in [0.25, 0.3) is 0 Å². The number of carbonyl (C=O) groups is 1. The molecule has 0 unspecified atom stereocenters. The molecule has 0 aliphatic heterocycles. The first kappa shape index (κ1) is 12.1. The predicted molar refractivity (Wildman–Crippen MR) is 67.6 cm³/mol. The van der Waals surface area contributed by atoms with Crippen molar-refractivity contribution in [2.24, 2.45) is 0 Å². The van der Waals surface area contributed by atoms with E-state index in [9.17, 15) is 9.18 Å². The average Bonchev–Trinajstić information content (AvgIpc) is 2.38. The molecule has 0 radical (unpaired) electrons. The number of nitrogens with two attached hydrogens (primary N) is 1. The van der Waals surface area contributed by atoms with Crippen molar-refractivity contribution in [1.82, 2.24) is 0 Å². The minimum atomic E-state index is -0.453. The summed E-state index contributed by atoms with van der Waals surface area (Å²) >= 11 is 0. The monoisotopic (exact) mass is 245 g/mol. The summed E-state index contributed by atoms with van der Waals surface area (Å²) in [4.78, 5) is 11.5. The minimum absolute atomic E-state index is 0.309. The van der Waals surface area contributed by atoms with Crippen molar-refractivity contribution in [3.63, 3.8) is 0 Å². The van der Waals surface area contributed by atoms with Gasteiger partial charge in [-0.2, -0.15) is 0 Å². The Kier molecular flexibility index (Phi) is 3.28. The molecule has 2 rings (SSSR count). The highest BCUT2D eigenvalue weighted by molar-refractivity contribution is 5.92. The van der Waals surface area contributed by atoms with Gasteiger partial charge in [-0.3, -0.25) is 0 Å². The predicted octanol–water partition coefficient (Wildman–Crippen LogP) is 2.86. The molecule has 0 aliphatic rings. The number of hydrogen-bond acceptors (Lipinski definition) is 3. The number of hydrogen-bond donors (Lipinski definition) is 1. The lowest BCUT2D eigenvalue weighted by atomic mass is 10.0. The second-order valence-corrected chi connectivity index (χ2v) is 3.84. The van der Waals surface area contributed by atoms with E-state index in [0.29, 0.717) is 11.3 Å². The normalized spacial score (nSPS) is 10.1. The van der Waals surface area contributed by atoms with Crippen LogP contribution in [0.5, 0.6) is 0 Å². The van der Waals surface area contributed by atoms with E-state index >= 15 is 0 Å². The van der Waals surface area contributed by atoms with E-state index in [1.165, 1.54) is 19.2 Å². The average molecular weight is 245 g/mol. The number of rotatable bonds is 2. The summed E-state index contributed by atoms with van der Waals surface area (Å²) in [6.45, 7) is 0. The van der Waals surface area contributed by atoms with Crippen LogP contribution in [0.2, 0.25) is 0 Å². The van der Waals surface area contributed by atoms with Crippen LogP contribution < -0.4 is 5.73 Å². The molecule has 0 saturated carbocycles. The molecule has 0 aliphatic carbocycles. The van der Waals surface area contributed by atoms with E-state index in [4.69, 9.17) is 5.73 Å². The molecule has 18 heavy (non-hydrogen) atoms. The van der Waals surface area contributed by atoms with Crippen molar-refractivity contribution in [1.29, 1.82) is 0 Å².